The van der Waals surface area contributed by atoms with Crippen LogP contribution >= 0.6 is 31.9 Å². The van der Waals surface area contributed by atoms with Crippen molar-refractivity contribution in [2.45, 2.75) is 18.2 Å². The van der Waals surface area contributed by atoms with Crippen LogP contribution < -0.4 is 4.90 Å². The quantitative estimate of drug-likeness (QED) is 0.584. The van der Waals surface area contributed by atoms with Gasteiger partial charge >= 0.3 is 0 Å². The summed E-state index contributed by atoms with van der Waals surface area (Å²) >= 11 is 6.77. The van der Waals surface area contributed by atoms with Crippen molar-refractivity contribution in [2.75, 3.05) is 11.4 Å². The number of aryl methyl sites for hydroxylation is 1. The Morgan fingerprint density at radius 2 is 2.33 bits per heavy atom. The zero-order chi connectivity index (χ0) is 11.0. The first kappa shape index (κ1) is 11.1. The largest absolute Gasteiger partial charge is 0.309 e. The predicted molar refractivity (Wildman–Crippen MR) is 66.4 cm³/mol. The molecule has 0 saturated carbocycles. The Labute approximate surface area is 105 Å². The molecule has 0 aliphatic carbocycles. The van der Waals surface area contributed by atoms with E-state index < -0.39 is 0 Å². The van der Waals surface area contributed by atoms with Gasteiger partial charge in [0.2, 0.25) is 5.91 Å². The van der Waals surface area contributed by atoms with E-state index in [1.54, 1.807) is 11.1 Å². The van der Waals surface area contributed by atoms with Crippen LogP contribution in [0.1, 0.15) is 12.0 Å². The van der Waals surface area contributed by atoms with Gasteiger partial charge < -0.3 is 4.90 Å². The number of hydrogen-bond acceptors (Lipinski definition) is 2. The third-order valence-electron chi connectivity index (χ3n) is 2.42. The van der Waals surface area contributed by atoms with Crippen molar-refractivity contribution in [1.82, 2.24) is 4.98 Å². The Hall–Kier alpha value is -0.420. The number of halogens is 2. The number of alkyl halides is 1. The number of nitrogens with zero attached hydrogens (tertiary/aromatic N) is 2. The summed E-state index contributed by atoms with van der Waals surface area (Å²) in [5, 5.41) is 0. The minimum Gasteiger partial charge on any atom is -0.309 e. The molecule has 1 aromatic heterocycles. The zero-order valence-electron chi connectivity index (χ0n) is 8.20. The van der Waals surface area contributed by atoms with Gasteiger partial charge in [-0.2, -0.15) is 0 Å². The molecule has 1 aliphatic rings. The van der Waals surface area contributed by atoms with E-state index in [1.807, 2.05) is 13.0 Å². The highest BCUT2D eigenvalue weighted by molar-refractivity contribution is 9.10. The van der Waals surface area contributed by atoms with Gasteiger partial charge in [-0.3, -0.25) is 4.79 Å². The Kier molecular flexibility index (Phi) is 3.11. The lowest BCUT2D eigenvalue weighted by molar-refractivity contribution is -0.117. The van der Waals surface area contributed by atoms with Gasteiger partial charge in [0.1, 0.15) is 4.60 Å². The molecular formula is C10H10Br2N2O. The summed E-state index contributed by atoms with van der Waals surface area (Å²) < 4.78 is 0.797. The van der Waals surface area contributed by atoms with Gasteiger partial charge in [-0.25, -0.2) is 4.98 Å². The molecule has 3 nitrogen and oxygen atoms in total. The van der Waals surface area contributed by atoms with E-state index >= 15 is 0 Å². The molecule has 80 valence electrons. The summed E-state index contributed by atoms with van der Waals surface area (Å²) in [5.74, 6) is 0.157. The topological polar surface area (TPSA) is 33.2 Å². The molecule has 0 aromatic carbocycles. The van der Waals surface area contributed by atoms with E-state index in [0.717, 1.165) is 22.4 Å². The lowest BCUT2D eigenvalue weighted by Crippen LogP contribution is -2.25. The van der Waals surface area contributed by atoms with Crippen LogP contribution in [0.25, 0.3) is 0 Å². The summed E-state index contributed by atoms with van der Waals surface area (Å²) in [6.07, 6.45) is 2.30. The number of pyridine rings is 1. The van der Waals surface area contributed by atoms with E-state index in [9.17, 15) is 4.79 Å². The molecule has 1 aromatic rings. The summed E-state index contributed by atoms with van der Waals surface area (Å²) in [6, 6.07) is 1.92. The molecule has 2 heterocycles. The van der Waals surface area contributed by atoms with Gasteiger partial charge in [-0.05, 0) is 34.5 Å². The smallest absolute Gasteiger partial charge is 0.228 e. The highest BCUT2D eigenvalue weighted by Crippen LogP contribution is 2.28. The summed E-state index contributed by atoms with van der Waals surface area (Å²) in [7, 11) is 0. The molecule has 0 radical (unpaired) electrons. The van der Waals surface area contributed by atoms with Crippen molar-refractivity contribution in [3.05, 3.63) is 22.4 Å². The maximum absolute atomic E-state index is 11.7. The first-order valence-corrected chi connectivity index (χ1v) is 6.35. The Bertz CT molecular complexity index is 408. The fourth-order valence-electron chi connectivity index (χ4n) is 1.69. The second-order valence-corrected chi connectivity index (χ2v) is 5.71. The average molecular weight is 334 g/mol. The fourth-order valence-corrected chi connectivity index (χ4v) is 2.71. The van der Waals surface area contributed by atoms with Gasteiger partial charge in [0, 0.05) is 17.8 Å². The second kappa shape index (κ2) is 4.22. The molecule has 1 unspecified atom stereocenters. The van der Waals surface area contributed by atoms with E-state index in [2.05, 4.69) is 36.8 Å². The molecule has 0 N–H and O–H groups in total. The monoisotopic (exact) mass is 332 g/mol. The molecular weight excluding hydrogens is 324 g/mol. The number of anilines is 1. The van der Waals surface area contributed by atoms with Gasteiger partial charge in [0.25, 0.3) is 0 Å². The third kappa shape index (κ3) is 2.23. The first-order valence-electron chi connectivity index (χ1n) is 4.64. The molecule has 1 saturated heterocycles. The average Bonchev–Trinajstić information content (AvgIpc) is 2.45. The SMILES string of the molecule is Cc1cc(Br)ncc1N1CC(Br)CC1=O. The van der Waals surface area contributed by atoms with Crippen LogP contribution in [0, 0.1) is 6.92 Å². The minimum absolute atomic E-state index is 0.157. The fraction of sp³-hybridized carbons (Fsp3) is 0.400. The van der Waals surface area contributed by atoms with Crippen molar-refractivity contribution >= 4 is 43.5 Å². The summed E-state index contributed by atoms with van der Waals surface area (Å²) in [4.78, 5) is 17.9. The summed E-state index contributed by atoms with van der Waals surface area (Å²) in [6.45, 7) is 2.71. The van der Waals surface area contributed by atoms with Crippen molar-refractivity contribution in [1.29, 1.82) is 0 Å². The van der Waals surface area contributed by atoms with Crippen molar-refractivity contribution in [3.8, 4) is 0 Å². The van der Waals surface area contributed by atoms with Crippen LogP contribution in [0.15, 0.2) is 16.9 Å². The Morgan fingerprint density at radius 3 is 2.87 bits per heavy atom. The number of amides is 1. The molecule has 1 fully saturated rings. The van der Waals surface area contributed by atoms with E-state index in [-0.39, 0.29) is 10.7 Å². The molecule has 1 atom stereocenters. The van der Waals surface area contributed by atoms with E-state index in [4.69, 9.17) is 0 Å². The van der Waals surface area contributed by atoms with Gasteiger partial charge in [0.15, 0.2) is 0 Å². The zero-order valence-corrected chi connectivity index (χ0v) is 11.4. The highest BCUT2D eigenvalue weighted by atomic mass is 79.9. The Morgan fingerprint density at radius 1 is 1.60 bits per heavy atom. The maximum atomic E-state index is 11.7. The maximum Gasteiger partial charge on any atom is 0.228 e. The second-order valence-electron chi connectivity index (χ2n) is 3.60. The van der Waals surface area contributed by atoms with Crippen molar-refractivity contribution in [3.63, 3.8) is 0 Å². The van der Waals surface area contributed by atoms with Crippen molar-refractivity contribution in [2.24, 2.45) is 0 Å². The van der Waals surface area contributed by atoms with E-state index in [1.165, 1.54) is 0 Å². The molecule has 2 rings (SSSR count). The number of carbonyl (C=O) groups excluding carboxylic acids is 1. The van der Waals surface area contributed by atoms with Gasteiger partial charge in [-0.1, -0.05) is 15.9 Å². The van der Waals surface area contributed by atoms with Crippen LogP contribution in [0.5, 0.6) is 0 Å². The molecule has 15 heavy (non-hydrogen) atoms. The van der Waals surface area contributed by atoms with Gasteiger partial charge in [0.05, 0.1) is 11.9 Å². The summed E-state index contributed by atoms with van der Waals surface area (Å²) in [5.41, 5.74) is 1.97. The minimum atomic E-state index is 0.157. The van der Waals surface area contributed by atoms with E-state index in [0.29, 0.717) is 6.42 Å². The van der Waals surface area contributed by atoms with Crippen molar-refractivity contribution < 1.29 is 4.79 Å². The van der Waals surface area contributed by atoms with Crippen LogP contribution in [-0.2, 0) is 4.79 Å². The molecule has 0 spiro atoms. The third-order valence-corrected chi connectivity index (χ3v) is 3.47. The van der Waals surface area contributed by atoms with Gasteiger partial charge in [-0.15, -0.1) is 0 Å². The predicted octanol–water partition coefficient (Wildman–Crippen LogP) is 2.65. The highest BCUT2D eigenvalue weighted by Gasteiger charge is 2.29. The van der Waals surface area contributed by atoms with Crippen LogP contribution in [-0.4, -0.2) is 22.3 Å². The lowest BCUT2D eigenvalue weighted by Gasteiger charge is -2.17. The first-order chi connectivity index (χ1) is 7.08. The van der Waals surface area contributed by atoms with Crippen LogP contribution in [0.4, 0.5) is 5.69 Å². The van der Waals surface area contributed by atoms with Crippen LogP contribution in [0.2, 0.25) is 0 Å². The van der Waals surface area contributed by atoms with Crippen LogP contribution in [0.3, 0.4) is 0 Å². The lowest BCUT2D eigenvalue weighted by atomic mass is 10.2. The Balaban J connectivity index is 2.34. The standard InChI is InChI=1S/C10H10Br2N2O/c1-6-2-9(12)13-4-8(6)14-5-7(11)3-10(14)15/h2,4,7H,3,5H2,1H3. The molecule has 1 amide bonds. The number of carbonyl (C=O) groups is 1. The normalized spacial score (nSPS) is 21.1. The molecule has 0 bridgehead atoms. The number of rotatable bonds is 1. The molecule has 1 aliphatic heterocycles. The molecule has 5 heteroatoms. The number of aromatic nitrogens is 1. The number of hydrogen-bond donors (Lipinski definition) is 0.